The summed E-state index contributed by atoms with van der Waals surface area (Å²) in [5.74, 6) is 0.235. The SMILES string of the molecule is C/C(=C\C(CO[Si](C)(C)C(C)(C)C)CB1OC(C)(C)C(C)(C)O1)c1ccccc1. The summed E-state index contributed by atoms with van der Waals surface area (Å²) in [5.41, 5.74) is 1.91. The molecule has 5 heteroatoms. The molecule has 1 aliphatic rings. The van der Waals surface area contributed by atoms with E-state index in [9.17, 15) is 0 Å². The molecule has 1 aliphatic heterocycles. The lowest BCUT2D eigenvalue weighted by molar-refractivity contribution is 0.00578. The Kier molecular flexibility index (Phi) is 7.32. The first-order chi connectivity index (χ1) is 13.1. The molecule has 0 bridgehead atoms. The minimum Gasteiger partial charge on any atom is -0.416 e. The van der Waals surface area contributed by atoms with Crippen molar-refractivity contribution in [2.24, 2.45) is 5.92 Å². The molecule has 0 spiro atoms. The van der Waals surface area contributed by atoms with E-state index in [0.29, 0.717) is 6.61 Å². The van der Waals surface area contributed by atoms with Crippen molar-refractivity contribution >= 4 is 21.0 Å². The zero-order valence-electron chi connectivity index (χ0n) is 20.3. The van der Waals surface area contributed by atoms with Gasteiger partial charge in [-0.2, -0.15) is 0 Å². The van der Waals surface area contributed by atoms with E-state index >= 15 is 0 Å². The predicted molar refractivity (Wildman–Crippen MR) is 128 cm³/mol. The monoisotopic (exact) mass is 416 g/mol. The first-order valence-corrected chi connectivity index (χ1v) is 13.8. The number of hydrogen-bond acceptors (Lipinski definition) is 3. The Labute approximate surface area is 180 Å². The van der Waals surface area contributed by atoms with Gasteiger partial charge in [0.25, 0.3) is 0 Å². The third-order valence-electron chi connectivity index (χ3n) is 6.98. The summed E-state index contributed by atoms with van der Waals surface area (Å²) >= 11 is 0. The van der Waals surface area contributed by atoms with Crippen molar-refractivity contribution in [3.05, 3.63) is 42.0 Å². The Bertz CT molecular complexity index is 689. The van der Waals surface area contributed by atoms with Gasteiger partial charge in [-0.25, -0.2) is 0 Å². The van der Waals surface area contributed by atoms with E-state index in [4.69, 9.17) is 13.7 Å². The third-order valence-corrected chi connectivity index (χ3v) is 11.5. The van der Waals surface area contributed by atoms with Crippen molar-refractivity contribution in [2.75, 3.05) is 6.61 Å². The molecule has 29 heavy (non-hydrogen) atoms. The Morgan fingerprint density at radius 2 is 1.59 bits per heavy atom. The van der Waals surface area contributed by atoms with Crippen molar-refractivity contribution in [3.8, 4) is 0 Å². The summed E-state index contributed by atoms with van der Waals surface area (Å²) in [4.78, 5) is 0. The fraction of sp³-hybridized carbons (Fsp3) is 0.667. The van der Waals surface area contributed by atoms with E-state index in [-0.39, 0.29) is 29.3 Å². The molecule has 3 nitrogen and oxygen atoms in total. The summed E-state index contributed by atoms with van der Waals surface area (Å²) < 4.78 is 19.2. The van der Waals surface area contributed by atoms with Crippen LogP contribution in [0.3, 0.4) is 0 Å². The van der Waals surface area contributed by atoms with Crippen LogP contribution < -0.4 is 0 Å². The van der Waals surface area contributed by atoms with Crippen LogP contribution in [0.15, 0.2) is 36.4 Å². The third kappa shape index (κ3) is 6.07. The van der Waals surface area contributed by atoms with E-state index in [2.05, 4.69) is 105 Å². The number of benzene rings is 1. The highest BCUT2D eigenvalue weighted by Gasteiger charge is 2.51. The van der Waals surface area contributed by atoms with Crippen LogP contribution in [0, 0.1) is 5.92 Å². The maximum absolute atomic E-state index is 6.59. The highest BCUT2D eigenvalue weighted by Crippen LogP contribution is 2.40. The van der Waals surface area contributed by atoms with E-state index in [1.807, 2.05) is 0 Å². The molecule has 0 aromatic heterocycles. The van der Waals surface area contributed by atoms with Crippen molar-refractivity contribution in [3.63, 3.8) is 0 Å². The zero-order valence-corrected chi connectivity index (χ0v) is 21.3. The maximum atomic E-state index is 6.59. The van der Waals surface area contributed by atoms with Gasteiger partial charge in [0.1, 0.15) is 0 Å². The molecule has 0 N–H and O–H groups in total. The highest BCUT2D eigenvalue weighted by molar-refractivity contribution is 6.74. The van der Waals surface area contributed by atoms with E-state index in [1.54, 1.807) is 0 Å². The standard InChI is InChI=1S/C24H41BO3Si/c1-19(21-14-12-11-13-15-21)16-20(18-26-29(9,10)22(2,3)4)17-25-27-23(5,6)24(7,8)28-25/h11-16,20H,17-18H2,1-10H3/b19-16+. The first-order valence-electron chi connectivity index (χ1n) is 10.9. The van der Waals surface area contributed by atoms with Gasteiger partial charge < -0.3 is 13.7 Å². The summed E-state index contributed by atoms with van der Waals surface area (Å²) in [6.45, 7) is 22.8. The smallest absolute Gasteiger partial charge is 0.416 e. The van der Waals surface area contributed by atoms with Gasteiger partial charge in [-0.15, -0.1) is 0 Å². The molecule has 1 fully saturated rings. The minimum absolute atomic E-state index is 0.195. The molecule has 1 aromatic carbocycles. The number of rotatable bonds is 7. The average Bonchev–Trinajstić information content (AvgIpc) is 2.79. The largest absolute Gasteiger partial charge is 0.458 e. The molecule has 1 unspecified atom stereocenters. The van der Waals surface area contributed by atoms with Gasteiger partial charge in [0.15, 0.2) is 8.32 Å². The van der Waals surface area contributed by atoms with Gasteiger partial charge in [0, 0.05) is 6.61 Å². The summed E-state index contributed by atoms with van der Waals surface area (Å²) in [6, 6.07) is 10.5. The fourth-order valence-corrected chi connectivity index (χ4v) is 4.24. The lowest BCUT2D eigenvalue weighted by Gasteiger charge is -2.37. The van der Waals surface area contributed by atoms with Crippen LogP contribution in [0.25, 0.3) is 5.57 Å². The van der Waals surface area contributed by atoms with Gasteiger partial charge in [0.2, 0.25) is 0 Å². The average molecular weight is 416 g/mol. The van der Waals surface area contributed by atoms with E-state index in [0.717, 1.165) is 6.32 Å². The molecule has 162 valence electrons. The second-order valence-electron chi connectivity index (χ2n) is 11.0. The molecule has 0 radical (unpaired) electrons. The number of allylic oxidation sites excluding steroid dienone is 1. The summed E-state index contributed by atoms with van der Waals surface area (Å²) in [7, 11) is -2.04. The van der Waals surface area contributed by atoms with Crippen molar-refractivity contribution in [2.45, 2.75) is 91.0 Å². The predicted octanol–water partition coefficient (Wildman–Crippen LogP) is 6.82. The molecular formula is C24H41BO3Si. The second-order valence-corrected chi connectivity index (χ2v) is 15.8. The Morgan fingerprint density at radius 1 is 1.07 bits per heavy atom. The zero-order chi connectivity index (χ0) is 22.1. The normalized spacial score (nSPS) is 20.8. The van der Waals surface area contributed by atoms with Crippen LogP contribution in [0.5, 0.6) is 0 Å². The van der Waals surface area contributed by atoms with Crippen molar-refractivity contribution in [1.82, 2.24) is 0 Å². The number of hydrogen-bond donors (Lipinski definition) is 0. The van der Waals surface area contributed by atoms with Crippen LogP contribution in [0.2, 0.25) is 24.5 Å². The molecule has 0 amide bonds. The molecule has 1 heterocycles. The molecule has 1 saturated heterocycles. The van der Waals surface area contributed by atoms with E-state index < -0.39 is 8.32 Å². The lowest BCUT2D eigenvalue weighted by Crippen LogP contribution is -2.42. The fourth-order valence-electron chi connectivity index (χ4n) is 3.18. The molecule has 0 aliphatic carbocycles. The summed E-state index contributed by atoms with van der Waals surface area (Å²) in [5, 5.41) is 0.195. The van der Waals surface area contributed by atoms with Gasteiger partial charge >= 0.3 is 7.12 Å². The van der Waals surface area contributed by atoms with Gasteiger partial charge in [-0.3, -0.25) is 0 Å². The van der Waals surface area contributed by atoms with Crippen LogP contribution in [-0.4, -0.2) is 33.2 Å². The first kappa shape index (κ1) is 24.4. The molecule has 1 aromatic rings. The second kappa shape index (κ2) is 8.70. The van der Waals surface area contributed by atoms with E-state index in [1.165, 1.54) is 11.1 Å². The van der Waals surface area contributed by atoms with Gasteiger partial charge in [0.05, 0.1) is 11.2 Å². The lowest BCUT2D eigenvalue weighted by atomic mass is 9.77. The van der Waals surface area contributed by atoms with Crippen LogP contribution in [-0.2, 0) is 13.7 Å². The van der Waals surface area contributed by atoms with Crippen LogP contribution in [0.4, 0.5) is 0 Å². The maximum Gasteiger partial charge on any atom is 0.458 e. The molecule has 1 atom stereocenters. The molecular weight excluding hydrogens is 375 g/mol. The molecule has 2 rings (SSSR count). The minimum atomic E-state index is -1.82. The van der Waals surface area contributed by atoms with Crippen molar-refractivity contribution in [1.29, 1.82) is 0 Å². The Morgan fingerprint density at radius 3 is 2.07 bits per heavy atom. The Hall–Kier alpha value is -0.878. The van der Waals surface area contributed by atoms with Crippen LogP contribution >= 0.6 is 0 Å². The Balaban J connectivity index is 2.20. The van der Waals surface area contributed by atoms with Crippen LogP contribution in [0.1, 0.15) is 61.0 Å². The highest BCUT2D eigenvalue weighted by atomic mass is 28.4. The molecule has 0 saturated carbocycles. The topological polar surface area (TPSA) is 27.7 Å². The quantitative estimate of drug-likeness (QED) is 0.457. The van der Waals surface area contributed by atoms with Gasteiger partial charge in [-0.1, -0.05) is 57.2 Å². The summed E-state index contributed by atoms with van der Waals surface area (Å²) in [6.07, 6.45) is 3.14. The van der Waals surface area contributed by atoms with Crippen molar-refractivity contribution < 1.29 is 13.7 Å². The van der Waals surface area contributed by atoms with Gasteiger partial charge in [-0.05, 0) is 76.1 Å².